The first kappa shape index (κ1) is 14.0. The molecule has 2 aliphatic rings. The lowest BCUT2D eigenvalue weighted by Crippen LogP contribution is -2.45. The van der Waals surface area contributed by atoms with E-state index in [0.717, 1.165) is 54.2 Å². The van der Waals surface area contributed by atoms with Crippen molar-refractivity contribution in [2.24, 2.45) is 5.92 Å². The largest absolute Gasteiger partial charge is 0.467 e. The second-order valence-electron chi connectivity index (χ2n) is 6.22. The molecule has 0 N–H and O–H groups in total. The Morgan fingerprint density at radius 1 is 1.18 bits per heavy atom. The van der Waals surface area contributed by atoms with Crippen molar-refractivity contribution in [1.29, 1.82) is 0 Å². The molecule has 2 fully saturated rings. The fourth-order valence-corrected chi connectivity index (χ4v) is 4.03. The second kappa shape index (κ2) is 5.88. The van der Waals surface area contributed by atoms with Crippen LogP contribution in [-0.2, 0) is 4.79 Å². The first-order valence-electron chi connectivity index (χ1n) is 8.10. The summed E-state index contributed by atoms with van der Waals surface area (Å²) in [5.74, 6) is 0.673. The lowest BCUT2D eigenvalue weighted by Gasteiger charge is -2.36. The molecule has 2 heterocycles. The SMILES string of the molecule is O=C(C1CCC1)N1CCC(Oc2nc3ccccc3s2)CC1. The average Bonchev–Trinajstić information content (AvgIpc) is 2.88. The van der Waals surface area contributed by atoms with Gasteiger partial charge in [-0.2, -0.15) is 0 Å². The van der Waals surface area contributed by atoms with E-state index in [9.17, 15) is 4.79 Å². The van der Waals surface area contributed by atoms with E-state index in [4.69, 9.17) is 4.74 Å². The van der Waals surface area contributed by atoms with Crippen molar-refractivity contribution in [2.45, 2.75) is 38.2 Å². The van der Waals surface area contributed by atoms with E-state index in [-0.39, 0.29) is 6.10 Å². The first-order valence-corrected chi connectivity index (χ1v) is 8.92. The molecule has 1 aliphatic heterocycles. The van der Waals surface area contributed by atoms with E-state index in [1.54, 1.807) is 11.3 Å². The number of nitrogens with zero attached hydrogens (tertiary/aromatic N) is 2. The number of ether oxygens (including phenoxy) is 1. The average molecular weight is 316 g/mol. The smallest absolute Gasteiger partial charge is 0.274 e. The van der Waals surface area contributed by atoms with Gasteiger partial charge in [-0.1, -0.05) is 29.9 Å². The molecule has 4 rings (SSSR count). The van der Waals surface area contributed by atoms with Gasteiger partial charge < -0.3 is 9.64 Å². The van der Waals surface area contributed by atoms with E-state index in [2.05, 4.69) is 11.1 Å². The zero-order chi connectivity index (χ0) is 14.9. The number of carbonyl (C=O) groups is 1. The standard InChI is InChI=1S/C17H20N2O2S/c20-16(12-4-3-5-12)19-10-8-13(9-11-19)21-17-18-14-6-1-2-7-15(14)22-17/h1-2,6-7,12-13H,3-5,8-11H2. The van der Waals surface area contributed by atoms with E-state index in [1.807, 2.05) is 23.1 Å². The molecule has 0 radical (unpaired) electrons. The molecule has 1 amide bonds. The Bertz CT molecular complexity index is 639. The van der Waals surface area contributed by atoms with Crippen molar-refractivity contribution in [3.8, 4) is 5.19 Å². The number of rotatable bonds is 3. The van der Waals surface area contributed by atoms with Gasteiger partial charge >= 0.3 is 0 Å². The molecule has 1 saturated heterocycles. The topological polar surface area (TPSA) is 42.4 Å². The number of aromatic nitrogens is 1. The van der Waals surface area contributed by atoms with Crippen molar-refractivity contribution in [3.05, 3.63) is 24.3 Å². The number of carbonyl (C=O) groups excluding carboxylic acids is 1. The maximum atomic E-state index is 12.2. The number of fused-ring (bicyclic) bond motifs is 1. The van der Waals surface area contributed by atoms with Crippen molar-refractivity contribution >= 4 is 27.5 Å². The van der Waals surface area contributed by atoms with Gasteiger partial charge in [0, 0.05) is 31.8 Å². The van der Waals surface area contributed by atoms with Crippen LogP contribution >= 0.6 is 11.3 Å². The number of likely N-dealkylation sites (tertiary alicyclic amines) is 1. The van der Waals surface area contributed by atoms with Gasteiger partial charge in [0.05, 0.1) is 10.2 Å². The van der Waals surface area contributed by atoms with Crippen LogP contribution in [0.4, 0.5) is 0 Å². The predicted molar refractivity (Wildman–Crippen MR) is 87.2 cm³/mol. The maximum Gasteiger partial charge on any atom is 0.274 e. The summed E-state index contributed by atoms with van der Waals surface area (Å²) in [6.07, 6.45) is 5.39. The summed E-state index contributed by atoms with van der Waals surface area (Å²) in [6, 6.07) is 8.10. The Balaban J connectivity index is 1.34. The lowest BCUT2D eigenvalue weighted by atomic mass is 9.84. The molecule has 1 aromatic carbocycles. The van der Waals surface area contributed by atoms with Crippen LogP contribution in [0.2, 0.25) is 0 Å². The number of para-hydroxylation sites is 1. The van der Waals surface area contributed by atoms with Crippen LogP contribution in [0.5, 0.6) is 5.19 Å². The molecular weight excluding hydrogens is 296 g/mol. The quantitative estimate of drug-likeness (QED) is 0.871. The Morgan fingerprint density at radius 3 is 2.64 bits per heavy atom. The van der Waals surface area contributed by atoms with Crippen LogP contribution in [-0.4, -0.2) is 35.0 Å². The minimum Gasteiger partial charge on any atom is -0.467 e. The molecule has 1 aliphatic carbocycles. The van der Waals surface area contributed by atoms with Crippen molar-refractivity contribution in [2.75, 3.05) is 13.1 Å². The number of hydrogen-bond acceptors (Lipinski definition) is 4. The summed E-state index contributed by atoms with van der Waals surface area (Å²) < 4.78 is 7.20. The van der Waals surface area contributed by atoms with Gasteiger partial charge in [0.2, 0.25) is 5.91 Å². The second-order valence-corrected chi connectivity index (χ2v) is 7.21. The minimum atomic E-state index is 0.186. The predicted octanol–water partition coefficient (Wildman–Crippen LogP) is 3.47. The van der Waals surface area contributed by atoms with E-state index < -0.39 is 0 Å². The zero-order valence-corrected chi connectivity index (χ0v) is 13.3. The van der Waals surface area contributed by atoms with E-state index in [1.165, 1.54) is 6.42 Å². The number of piperidine rings is 1. The summed E-state index contributed by atoms with van der Waals surface area (Å²) in [6.45, 7) is 1.65. The molecule has 0 bridgehead atoms. The first-order chi connectivity index (χ1) is 10.8. The van der Waals surface area contributed by atoms with Gasteiger partial charge in [-0.05, 0) is 25.0 Å². The Kier molecular flexibility index (Phi) is 3.74. The highest BCUT2D eigenvalue weighted by Gasteiger charge is 2.32. The van der Waals surface area contributed by atoms with Gasteiger partial charge in [0.1, 0.15) is 6.10 Å². The third-order valence-electron chi connectivity index (χ3n) is 4.75. The summed E-state index contributed by atoms with van der Waals surface area (Å²) >= 11 is 1.60. The molecule has 0 spiro atoms. The molecule has 2 aromatic rings. The monoisotopic (exact) mass is 316 g/mol. The maximum absolute atomic E-state index is 12.2. The lowest BCUT2D eigenvalue weighted by molar-refractivity contribution is -0.140. The zero-order valence-electron chi connectivity index (χ0n) is 12.5. The molecule has 5 heteroatoms. The van der Waals surface area contributed by atoms with Gasteiger partial charge in [0.25, 0.3) is 5.19 Å². The van der Waals surface area contributed by atoms with E-state index >= 15 is 0 Å². The third kappa shape index (κ3) is 2.70. The fraction of sp³-hybridized carbons (Fsp3) is 0.529. The number of hydrogen-bond donors (Lipinski definition) is 0. The van der Waals surface area contributed by atoms with Crippen LogP contribution in [0.15, 0.2) is 24.3 Å². The third-order valence-corrected chi connectivity index (χ3v) is 5.68. The molecule has 0 atom stereocenters. The highest BCUT2D eigenvalue weighted by atomic mass is 32.1. The van der Waals surface area contributed by atoms with Crippen LogP contribution in [0.25, 0.3) is 10.2 Å². The normalized spacial score (nSPS) is 20.1. The Hall–Kier alpha value is -1.62. The molecule has 22 heavy (non-hydrogen) atoms. The fourth-order valence-electron chi connectivity index (χ4n) is 3.15. The van der Waals surface area contributed by atoms with Gasteiger partial charge in [-0.25, -0.2) is 4.98 Å². The number of thiazole rings is 1. The molecular formula is C17H20N2O2S. The van der Waals surface area contributed by atoms with Crippen molar-refractivity contribution in [1.82, 2.24) is 9.88 Å². The highest BCUT2D eigenvalue weighted by Crippen LogP contribution is 2.31. The molecule has 0 unspecified atom stereocenters. The van der Waals surface area contributed by atoms with Crippen LogP contribution in [0.3, 0.4) is 0 Å². The molecule has 4 nitrogen and oxygen atoms in total. The molecule has 1 saturated carbocycles. The molecule has 116 valence electrons. The number of benzene rings is 1. The van der Waals surface area contributed by atoms with E-state index in [0.29, 0.717) is 11.8 Å². The van der Waals surface area contributed by atoms with Crippen molar-refractivity contribution in [3.63, 3.8) is 0 Å². The number of amides is 1. The van der Waals surface area contributed by atoms with Gasteiger partial charge in [-0.15, -0.1) is 0 Å². The summed E-state index contributed by atoms with van der Waals surface area (Å²) in [5.41, 5.74) is 1.00. The van der Waals surface area contributed by atoms with Gasteiger partial charge in [0.15, 0.2) is 0 Å². The van der Waals surface area contributed by atoms with Crippen LogP contribution in [0.1, 0.15) is 32.1 Å². The summed E-state index contributed by atoms with van der Waals surface area (Å²) in [5, 5.41) is 0.755. The van der Waals surface area contributed by atoms with Crippen LogP contribution < -0.4 is 4.74 Å². The van der Waals surface area contributed by atoms with Crippen molar-refractivity contribution < 1.29 is 9.53 Å². The van der Waals surface area contributed by atoms with Gasteiger partial charge in [-0.3, -0.25) is 4.79 Å². The van der Waals surface area contributed by atoms with Crippen LogP contribution in [0, 0.1) is 5.92 Å². The summed E-state index contributed by atoms with van der Waals surface area (Å²) in [7, 11) is 0. The summed E-state index contributed by atoms with van der Waals surface area (Å²) in [4.78, 5) is 18.8. The Morgan fingerprint density at radius 2 is 1.95 bits per heavy atom. The minimum absolute atomic E-state index is 0.186. The molecule has 1 aromatic heterocycles. The Labute approximate surface area is 134 Å². The highest BCUT2D eigenvalue weighted by molar-refractivity contribution is 7.20.